The first-order valence-corrected chi connectivity index (χ1v) is 8.91. The van der Waals surface area contributed by atoms with Gasteiger partial charge in [-0.05, 0) is 17.7 Å². The van der Waals surface area contributed by atoms with E-state index in [1.54, 1.807) is 18.2 Å². The van der Waals surface area contributed by atoms with Gasteiger partial charge >= 0.3 is 0 Å². The zero-order valence-corrected chi connectivity index (χ0v) is 14.2. The molecule has 2 N–H and O–H groups in total. The fourth-order valence-corrected chi connectivity index (χ4v) is 2.52. The molecule has 0 radical (unpaired) electrons. The zero-order valence-electron chi connectivity index (χ0n) is 11.9. The predicted octanol–water partition coefficient (Wildman–Crippen LogP) is 2.08. The molecule has 1 aromatic carbocycles. The van der Waals surface area contributed by atoms with Crippen LogP contribution in [0.25, 0.3) is 0 Å². The van der Waals surface area contributed by atoms with Crippen molar-refractivity contribution in [3.8, 4) is 0 Å². The number of hydrogen-bond acceptors (Lipinski definition) is 5. The Morgan fingerprint density at radius 3 is 2.43 bits per heavy atom. The standard InChI is InChI=1S/C13H12Cl2N4O3S/c1-23(21,22)19-13-17-6-9(7-18-13)12(20)16-5-8-2-3-10(14)4-11(8)15/h2-4,6-7H,5H2,1H3,(H,16,20)(H,17,18,19). The van der Waals surface area contributed by atoms with E-state index in [2.05, 4.69) is 20.0 Å². The average molecular weight is 375 g/mol. The van der Waals surface area contributed by atoms with E-state index in [4.69, 9.17) is 23.2 Å². The minimum atomic E-state index is -3.47. The second-order valence-electron chi connectivity index (χ2n) is 4.59. The molecule has 0 spiro atoms. The first-order chi connectivity index (χ1) is 10.7. The van der Waals surface area contributed by atoms with Gasteiger partial charge in [-0.2, -0.15) is 0 Å². The smallest absolute Gasteiger partial charge is 0.254 e. The van der Waals surface area contributed by atoms with Gasteiger partial charge in [-0.25, -0.2) is 18.4 Å². The van der Waals surface area contributed by atoms with Crippen LogP contribution in [0.15, 0.2) is 30.6 Å². The molecule has 0 fully saturated rings. The molecular weight excluding hydrogens is 363 g/mol. The molecule has 122 valence electrons. The third-order valence-corrected chi connectivity index (χ3v) is 3.79. The lowest BCUT2D eigenvalue weighted by molar-refractivity contribution is 0.0950. The Morgan fingerprint density at radius 1 is 1.22 bits per heavy atom. The number of carbonyl (C=O) groups is 1. The summed E-state index contributed by atoms with van der Waals surface area (Å²) >= 11 is 11.8. The summed E-state index contributed by atoms with van der Waals surface area (Å²) in [6, 6.07) is 4.96. The van der Waals surface area contributed by atoms with Gasteiger partial charge in [-0.1, -0.05) is 29.3 Å². The Morgan fingerprint density at radius 2 is 1.87 bits per heavy atom. The molecule has 1 heterocycles. The number of sulfonamides is 1. The highest BCUT2D eigenvalue weighted by Crippen LogP contribution is 2.20. The maximum Gasteiger partial charge on any atom is 0.254 e. The van der Waals surface area contributed by atoms with E-state index in [1.807, 2.05) is 0 Å². The van der Waals surface area contributed by atoms with Crippen LogP contribution < -0.4 is 10.0 Å². The van der Waals surface area contributed by atoms with Crippen molar-refractivity contribution in [2.75, 3.05) is 11.0 Å². The van der Waals surface area contributed by atoms with Crippen LogP contribution in [0, 0.1) is 0 Å². The minimum Gasteiger partial charge on any atom is -0.348 e. The number of halogens is 2. The van der Waals surface area contributed by atoms with E-state index >= 15 is 0 Å². The van der Waals surface area contributed by atoms with E-state index in [0.29, 0.717) is 15.6 Å². The molecule has 1 aromatic heterocycles. The molecule has 0 saturated carbocycles. The van der Waals surface area contributed by atoms with Crippen LogP contribution in [0.2, 0.25) is 10.0 Å². The molecule has 0 aliphatic heterocycles. The van der Waals surface area contributed by atoms with E-state index < -0.39 is 15.9 Å². The Kier molecular flexibility index (Phi) is 5.40. The lowest BCUT2D eigenvalue weighted by Gasteiger charge is -2.07. The van der Waals surface area contributed by atoms with E-state index in [1.165, 1.54) is 12.4 Å². The second-order valence-corrected chi connectivity index (χ2v) is 7.18. The summed E-state index contributed by atoms with van der Waals surface area (Å²) in [6.07, 6.45) is 3.42. The van der Waals surface area contributed by atoms with Crippen LogP contribution in [-0.2, 0) is 16.6 Å². The topological polar surface area (TPSA) is 101 Å². The van der Waals surface area contributed by atoms with Gasteiger partial charge < -0.3 is 5.32 Å². The first-order valence-electron chi connectivity index (χ1n) is 6.26. The molecule has 0 bridgehead atoms. The Balaban J connectivity index is 2.00. The summed E-state index contributed by atoms with van der Waals surface area (Å²) in [6.45, 7) is 0.207. The highest BCUT2D eigenvalue weighted by atomic mass is 35.5. The molecular formula is C13H12Cl2N4O3S. The number of hydrogen-bond donors (Lipinski definition) is 2. The van der Waals surface area contributed by atoms with Crippen molar-refractivity contribution in [2.45, 2.75) is 6.54 Å². The highest BCUT2D eigenvalue weighted by Gasteiger charge is 2.10. The lowest BCUT2D eigenvalue weighted by atomic mass is 10.2. The number of carbonyl (C=O) groups excluding carboxylic acids is 1. The van der Waals surface area contributed by atoms with E-state index in [9.17, 15) is 13.2 Å². The van der Waals surface area contributed by atoms with Crippen molar-refractivity contribution in [3.05, 3.63) is 51.8 Å². The fourth-order valence-electron chi connectivity index (χ4n) is 1.61. The zero-order chi connectivity index (χ0) is 17.0. The van der Waals surface area contributed by atoms with Gasteiger partial charge in [0.1, 0.15) is 0 Å². The number of benzene rings is 1. The van der Waals surface area contributed by atoms with Crippen molar-refractivity contribution < 1.29 is 13.2 Å². The summed E-state index contributed by atoms with van der Waals surface area (Å²) in [4.78, 5) is 19.5. The largest absolute Gasteiger partial charge is 0.348 e. The number of nitrogens with one attached hydrogen (secondary N) is 2. The third-order valence-electron chi connectivity index (χ3n) is 2.65. The van der Waals surface area contributed by atoms with Crippen molar-refractivity contribution >= 4 is 45.1 Å². The quantitative estimate of drug-likeness (QED) is 0.833. The molecule has 7 nitrogen and oxygen atoms in total. The predicted molar refractivity (Wildman–Crippen MR) is 88.1 cm³/mol. The normalized spacial score (nSPS) is 11.1. The maximum atomic E-state index is 12.0. The van der Waals surface area contributed by atoms with Crippen LogP contribution >= 0.6 is 23.2 Å². The summed E-state index contributed by atoms with van der Waals surface area (Å²) in [5.41, 5.74) is 0.898. The van der Waals surface area contributed by atoms with Crippen LogP contribution in [0.5, 0.6) is 0 Å². The Hall–Kier alpha value is -1.90. The fraction of sp³-hybridized carbons (Fsp3) is 0.154. The molecule has 0 atom stereocenters. The Labute approximate surface area is 143 Å². The molecule has 0 aliphatic rings. The second kappa shape index (κ2) is 7.12. The van der Waals surface area contributed by atoms with E-state index in [0.717, 1.165) is 6.26 Å². The summed E-state index contributed by atoms with van der Waals surface area (Å²) < 4.78 is 24.2. The summed E-state index contributed by atoms with van der Waals surface area (Å²) in [5, 5.41) is 3.61. The summed E-state index contributed by atoms with van der Waals surface area (Å²) in [5.74, 6) is -0.522. The monoisotopic (exact) mass is 374 g/mol. The number of amides is 1. The number of rotatable bonds is 5. The van der Waals surface area contributed by atoms with Crippen molar-refractivity contribution in [1.29, 1.82) is 0 Å². The molecule has 0 unspecified atom stereocenters. The lowest BCUT2D eigenvalue weighted by Crippen LogP contribution is -2.23. The molecule has 1 amide bonds. The number of anilines is 1. The third kappa shape index (κ3) is 5.34. The molecule has 0 saturated heterocycles. The maximum absolute atomic E-state index is 12.0. The Bertz CT molecular complexity index is 826. The van der Waals surface area contributed by atoms with Gasteiger partial charge in [0, 0.05) is 29.0 Å². The van der Waals surface area contributed by atoms with Gasteiger partial charge in [0.25, 0.3) is 5.91 Å². The van der Waals surface area contributed by atoms with Gasteiger partial charge in [-0.3, -0.25) is 9.52 Å². The molecule has 2 rings (SSSR count). The highest BCUT2D eigenvalue weighted by molar-refractivity contribution is 7.91. The van der Waals surface area contributed by atoms with Gasteiger partial charge in [-0.15, -0.1) is 0 Å². The molecule has 2 aromatic rings. The molecule has 0 aliphatic carbocycles. The van der Waals surface area contributed by atoms with Crippen LogP contribution in [-0.4, -0.2) is 30.5 Å². The molecule has 23 heavy (non-hydrogen) atoms. The minimum absolute atomic E-state index is 0.107. The average Bonchev–Trinajstić information content (AvgIpc) is 2.45. The molecule has 10 heteroatoms. The van der Waals surface area contributed by atoms with Gasteiger partial charge in [0.2, 0.25) is 16.0 Å². The van der Waals surface area contributed by atoms with Gasteiger partial charge in [0.15, 0.2) is 0 Å². The van der Waals surface area contributed by atoms with E-state index in [-0.39, 0.29) is 18.1 Å². The SMILES string of the molecule is CS(=O)(=O)Nc1ncc(C(=O)NCc2ccc(Cl)cc2Cl)cn1. The van der Waals surface area contributed by atoms with Crippen LogP contribution in [0.4, 0.5) is 5.95 Å². The number of nitrogens with zero attached hydrogens (tertiary/aromatic N) is 2. The first kappa shape index (κ1) is 17.5. The van der Waals surface area contributed by atoms with Crippen molar-refractivity contribution in [1.82, 2.24) is 15.3 Å². The van der Waals surface area contributed by atoms with Crippen molar-refractivity contribution in [2.24, 2.45) is 0 Å². The number of aromatic nitrogens is 2. The van der Waals surface area contributed by atoms with Crippen LogP contribution in [0.3, 0.4) is 0 Å². The van der Waals surface area contributed by atoms with Gasteiger partial charge in [0.05, 0.1) is 11.8 Å². The summed E-state index contributed by atoms with van der Waals surface area (Å²) in [7, 11) is -3.47. The van der Waals surface area contributed by atoms with Crippen LogP contribution in [0.1, 0.15) is 15.9 Å². The van der Waals surface area contributed by atoms with Crippen molar-refractivity contribution in [3.63, 3.8) is 0 Å².